The lowest BCUT2D eigenvalue weighted by atomic mass is 10.1. The van der Waals surface area contributed by atoms with Crippen LogP contribution < -0.4 is 10.3 Å². The van der Waals surface area contributed by atoms with E-state index in [2.05, 4.69) is 4.98 Å². The van der Waals surface area contributed by atoms with Crippen molar-refractivity contribution in [2.75, 3.05) is 0 Å². The average Bonchev–Trinajstić information content (AvgIpc) is 2.39. The van der Waals surface area contributed by atoms with E-state index in [1.165, 1.54) is 36.5 Å². The standard InChI is InChI=1S/C13H9NO5/c15-11-7-10(4-5-14-11)19-13(18)9-3-1-2-8(6-9)12(16)17/h1-7H,(H,14,15)(H,16,17). The Labute approximate surface area is 107 Å². The van der Waals surface area contributed by atoms with Gasteiger partial charge in [-0.15, -0.1) is 0 Å². The first-order chi connectivity index (χ1) is 9.06. The zero-order valence-electron chi connectivity index (χ0n) is 9.62. The van der Waals surface area contributed by atoms with Gasteiger partial charge in [0.2, 0.25) is 0 Å². The molecule has 1 heterocycles. The van der Waals surface area contributed by atoms with E-state index in [1.54, 1.807) is 0 Å². The normalized spacial score (nSPS) is 9.89. The molecule has 0 saturated carbocycles. The van der Waals surface area contributed by atoms with E-state index in [4.69, 9.17) is 9.84 Å². The number of esters is 1. The van der Waals surface area contributed by atoms with Crippen LogP contribution >= 0.6 is 0 Å². The molecule has 0 saturated heterocycles. The maximum atomic E-state index is 11.8. The van der Waals surface area contributed by atoms with Crippen LogP contribution in [0, 0.1) is 0 Å². The fraction of sp³-hybridized carbons (Fsp3) is 0. The van der Waals surface area contributed by atoms with Crippen LogP contribution in [0.2, 0.25) is 0 Å². The summed E-state index contributed by atoms with van der Waals surface area (Å²) >= 11 is 0. The topological polar surface area (TPSA) is 96.5 Å². The SMILES string of the molecule is O=C(O)c1cccc(C(=O)Oc2cc[nH]c(=O)c2)c1. The van der Waals surface area contributed by atoms with Gasteiger partial charge in [0.15, 0.2) is 0 Å². The van der Waals surface area contributed by atoms with Crippen LogP contribution in [-0.4, -0.2) is 22.0 Å². The summed E-state index contributed by atoms with van der Waals surface area (Å²) < 4.78 is 4.96. The number of aromatic nitrogens is 1. The molecule has 19 heavy (non-hydrogen) atoms. The number of carboxylic acids is 1. The molecule has 0 spiro atoms. The van der Waals surface area contributed by atoms with Crippen molar-refractivity contribution in [2.45, 2.75) is 0 Å². The van der Waals surface area contributed by atoms with Crippen molar-refractivity contribution in [3.63, 3.8) is 0 Å². The quantitative estimate of drug-likeness (QED) is 0.809. The molecule has 2 N–H and O–H groups in total. The second-order valence-electron chi connectivity index (χ2n) is 3.66. The summed E-state index contributed by atoms with van der Waals surface area (Å²) in [5.41, 5.74) is -0.315. The predicted octanol–water partition coefficient (Wildman–Crippen LogP) is 1.29. The molecule has 1 aromatic carbocycles. The Hall–Kier alpha value is -2.89. The molecule has 0 fully saturated rings. The first kappa shape index (κ1) is 12.6. The third kappa shape index (κ3) is 3.06. The lowest BCUT2D eigenvalue weighted by Gasteiger charge is -2.04. The van der Waals surface area contributed by atoms with E-state index in [9.17, 15) is 14.4 Å². The molecule has 1 aromatic heterocycles. The lowest BCUT2D eigenvalue weighted by molar-refractivity contribution is 0.0697. The number of hydrogen-bond acceptors (Lipinski definition) is 4. The fourth-order valence-electron chi connectivity index (χ4n) is 1.43. The summed E-state index contributed by atoms with van der Waals surface area (Å²) in [4.78, 5) is 36.0. The highest BCUT2D eigenvalue weighted by atomic mass is 16.5. The van der Waals surface area contributed by atoms with Gasteiger partial charge in [0, 0.05) is 12.3 Å². The van der Waals surface area contributed by atoms with Gasteiger partial charge >= 0.3 is 11.9 Å². The molecule has 0 atom stereocenters. The number of carbonyl (C=O) groups excluding carboxylic acids is 1. The molecule has 6 nitrogen and oxygen atoms in total. The average molecular weight is 259 g/mol. The number of rotatable bonds is 3. The van der Waals surface area contributed by atoms with Crippen LogP contribution in [0.1, 0.15) is 20.7 Å². The van der Waals surface area contributed by atoms with Gasteiger partial charge in [-0.1, -0.05) is 6.07 Å². The number of ether oxygens (including phenoxy) is 1. The van der Waals surface area contributed by atoms with Gasteiger partial charge in [0.25, 0.3) is 5.56 Å². The van der Waals surface area contributed by atoms with Crippen LogP contribution in [0.25, 0.3) is 0 Å². The van der Waals surface area contributed by atoms with Crippen molar-refractivity contribution in [1.29, 1.82) is 0 Å². The van der Waals surface area contributed by atoms with Crippen LogP contribution in [0.4, 0.5) is 0 Å². The number of aromatic amines is 1. The van der Waals surface area contributed by atoms with Gasteiger partial charge in [0.05, 0.1) is 11.1 Å². The highest BCUT2D eigenvalue weighted by Gasteiger charge is 2.11. The van der Waals surface area contributed by atoms with Gasteiger partial charge < -0.3 is 14.8 Å². The number of aromatic carboxylic acids is 1. The largest absolute Gasteiger partial charge is 0.478 e. The molecular weight excluding hydrogens is 250 g/mol. The van der Waals surface area contributed by atoms with Crippen LogP contribution in [0.3, 0.4) is 0 Å². The zero-order chi connectivity index (χ0) is 13.8. The fourth-order valence-corrected chi connectivity index (χ4v) is 1.43. The van der Waals surface area contributed by atoms with E-state index in [1.807, 2.05) is 0 Å². The summed E-state index contributed by atoms with van der Waals surface area (Å²) in [7, 11) is 0. The summed E-state index contributed by atoms with van der Waals surface area (Å²) in [6.07, 6.45) is 1.35. The Morgan fingerprint density at radius 2 is 1.84 bits per heavy atom. The van der Waals surface area contributed by atoms with E-state index in [-0.39, 0.29) is 16.9 Å². The van der Waals surface area contributed by atoms with E-state index in [0.717, 1.165) is 6.07 Å². The molecule has 0 radical (unpaired) electrons. The van der Waals surface area contributed by atoms with Crippen LogP contribution in [-0.2, 0) is 0 Å². The molecular formula is C13H9NO5. The Balaban J connectivity index is 2.23. The van der Waals surface area contributed by atoms with Crippen molar-refractivity contribution in [3.8, 4) is 5.75 Å². The first-order valence-corrected chi connectivity index (χ1v) is 5.30. The molecule has 0 unspecified atom stereocenters. The Morgan fingerprint density at radius 1 is 1.11 bits per heavy atom. The lowest BCUT2D eigenvalue weighted by Crippen LogP contribution is -2.12. The minimum absolute atomic E-state index is 0.0136. The van der Waals surface area contributed by atoms with E-state index >= 15 is 0 Å². The zero-order valence-corrected chi connectivity index (χ0v) is 9.62. The molecule has 0 aliphatic rings. The van der Waals surface area contributed by atoms with E-state index in [0.29, 0.717) is 0 Å². The third-order valence-corrected chi connectivity index (χ3v) is 2.30. The van der Waals surface area contributed by atoms with Gasteiger partial charge in [-0.05, 0) is 24.3 Å². The molecule has 2 aromatic rings. The highest BCUT2D eigenvalue weighted by Crippen LogP contribution is 2.11. The molecule has 0 bridgehead atoms. The maximum absolute atomic E-state index is 11.8. The summed E-state index contributed by atoms with van der Waals surface area (Å²) in [6.45, 7) is 0. The van der Waals surface area contributed by atoms with Crippen molar-refractivity contribution < 1.29 is 19.4 Å². The smallest absolute Gasteiger partial charge is 0.343 e. The Morgan fingerprint density at radius 3 is 2.53 bits per heavy atom. The second kappa shape index (κ2) is 5.18. The number of benzene rings is 1. The molecule has 0 amide bonds. The van der Waals surface area contributed by atoms with Gasteiger partial charge in [-0.25, -0.2) is 9.59 Å². The number of pyridine rings is 1. The monoisotopic (exact) mass is 259 g/mol. The third-order valence-electron chi connectivity index (χ3n) is 2.30. The van der Waals surface area contributed by atoms with Gasteiger partial charge in [-0.3, -0.25) is 4.79 Å². The summed E-state index contributed by atoms with van der Waals surface area (Å²) in [5.74, 6) is -1.77. The molecule has 0 aliphatic carbocycles. The summed E-state index contributed by atoms with van der Waals surface area (Å²) in [5, 5.41) is 8.82. The van der Waals surface area contributed by atoms with Crippen LogP contribution in [0.5, 0.6) is 5.75 Å². The number of H-pyrrole nitrogens is 1. The van der Waals surface area contributed by atoms with Gasteiger partial charge in [0.1, 0.15) is 5.75 Å². The predicted molar refractivity (Wildman–Crippen MR) is 65.4 cm³/mol. The van der Waals surface area contributed by atoms with Crippen molar-refractivity contribution in [2.24, 2.45) is 0 Å². The van der Waals surface area contributed by atoms with Crippen molar-refractivity contribution >= 4 is 11.9 Å². The van der Waals surface area contributed by atoms with Crippen molar-refractivity contribution in [3.05, 3.63) is 64.1 Å². The maximum Gasteiger partial charge on any atom is 0.343 e. The first-order valence-electron chi connectivity index (χ1n) is 5.30. The number of carboxylic acid groups (broad SMARTS) is 1. The van der Waals surface area contributed by atoms with Gasteiger partial charge in [-0.2, -0.15) is 0 Å². The van der Waals surface area contributed by atoms with Crippen molar-refractivity contribution in [1.82, 2.24) is 4.98 Å². The minimum atomic E-state index is -1.13. The minimum Gasteiger partial charge on any atom is -0.478 e. The molecule has 2 rings (SSSR count). The summed E-state index contributed by atoms with van der Waals surface area (Å²) in [6, 6.07) is 7.99. The number of nitrogens with one attached hydrogen (secondary N) is 1. The Kier molecular flexibility index (Phi) is 3.42. The molecule has 96 valence electrons. The Bertz CT molecular complexity index is 689. The number of hydrogen-bond donors (Lipinski definition) is 2. The number of carbonyl (C=O) groups is 2. The highest BCUT2D eigenvalue weighted by molar-refractivity contribution is 5.95. The molecule has 6 heteroatoms. The molecule has 0 aliphatic heterocycles. The van der Waals surface area contributed by atoms with Crippen LogP contribution in [0.15, 0.2) is 47.4 Å². The van der Waals surface area contributed by atoms with E-state index < -0.39 is 17.5 Å². The second-order valence-corrected chi connectivity index (χ2v) is 3.66.